The van der Waals surface area contributed by atoms with Crippen molar-refractivity contribution in [3.8, 4) is 0 Å². The molecule has 0 heterocycles. The first-order valence-corrected chi connectivity index (χ1v) is 5.63. The molecule has 0 fully saturated rings. The van der Waals surface area contributed by atoms with E-state index in [-0.39, 0.29) is 6.54 Å². The van der Waals surface area contributed by atoms with Crippen LogP contribution < -0.4 is 10.6 Å². The number of urea groups is 1. The van der Waals surface area contributed by atoms with Gasteiger partial charge in [-0.1, -0.05) is 12.1 Å². The number of hydrogen-bond acceptors (Lipinski definition) is 2. The molecule has 8 heteroatoms. The molecule has 0 unspecified atom stereocenters. The van der Waals surface area contributed by atoms with Gasteiger partial charge < -0.3 is 15.7 Å². The number of amides is 2. The van der Waals surface area contributed by atoms with E-state index in [0.717, 1.165) is 12.1 Å². The van der Waals surface area contributed by atoms with Crippen molar-refractivity contribution in [2.45, 2.75) is 25.7 Å². The molecular formula is C12H13F3N2O3. The van der Waals surface area contributed by atoms with Crippen LogP contribution in [0.2, 0.25) is 0 Å². The molecule has 0 aromatic heterocycles. The van der Waals surface area contributed by atoms with Gasteiger partial charge in [0.1, 0.15) is 6.04 Å². The number of hydrogen-bond donors (Lipinski definition) is 3. The fourth-order valence-electron chi connectivity index (χ4n) is 1.30. The lowest BCUT2D eigenvalue weighted by Gasteiger charge is -2.11. The zero-order valence-electron chi connectivity index (χ0n) is 10.5. The molecule has 0 aliphatic rings. The topological polar surface area (TPSA) is 78.4 Å². The van der Waals surface area contributed by atoms with Crippen LogP contribution in [0, 0.1) is 0 Å². The van der Waals surface area contributed by atoms with Crippen LogP contribution >= 0.6 is 0 Å². The Balaban J connectivity index is 2.50. The highest BCUT2D eigenvalue weighted by Gasteiger charge is 2.29. The van der Waals surface area contributed by atoms with Gasteiger partial charge in [0.05, 0.1) is 5.56 Å². The number of carbonyl (C=O) groups excluding carboxylic acids is 1. The molecule has 0 saturated carbocycles. The minimum absolute atomic E-state index is 0.00366. The van der Waals surface area contributed by atoms with E-state index in [1.807, 2.05) is 0 Å². The zero-order chi connectivity index (χ0) is 15.3. The van der Waals surface area contributed by atoms with Gasteiger partial charge in [0.15, 0.2) is 0 Å². The van der Waals surface area contributed by atoms with Gasteiger partial charge >= 0.3 is 18.2 Å². The molecule has 1 rings (SSSR count). The van der Waals surface area contributed by atoms with E-state index < -0.39 is 29.8 Å². The van der Waals surface area contributed by atoms with Crippen LogP contribution in [0.5, 0.6) is 0 Å². The highest BCUT2D eigenvalue weighted by atomic mass is 19.4. The Morgan fingerprint density at radius 3 is 2.25 bits per heavy atom. The summed E-state index contributed by atoms with van der Waals surface area (Å²) < 4.78 is 37.0. The first-order chi connectivity index (χ1) is 9.20. The summed E-state index contributed by atoms with van der Waals surface area (Å²) in [7, 11) is 0. The van der Waals surface area contributed by atoms with E-state index in [4.69, 9.17) is 5.11 Å². The first kappa shape index (κ1) is 15.8. The number of halogens is 3. The Kier molecular flexibility index (Phi) is 4.95. The van der Waals surface area contributed by atoms with Crippen LogP contribution in [0.15, 0.2) is 24.3 Å². The average Bonchev–Trinajstić information content (AvgIpc) is 2.35. The van der Waals surface area contributed by atoms with Crippen molar-refractivity contribution in [2.24, 2.45) is 0 Å². The average molecular weight is 290 g/mol. The van der Waals surface area contributed by atoms with Crippen LogP contribution in [0.25, 0.3) is 0 Å². The maximum absolute atomic E-state index is 12.3. The molecule has 0 saturated heterocycles. The number of carbonyl (C=O) groups is 2. The number of rotatable bonds is 4. The predicted octanol–water partition coefficient (Wildman–Crippen LogP) is 1.98. The van der Waals surface area contributed by atoms with E-state index in [2.05, 4.69) is 10.6 Å². The minimum Gasteiger partial charge on any atom is -0.480 e. The predicted molar refractivity (Wildman–Crippen MR) is 63.9 cm³/mol. The molecule has 3 N–H and O–H groups in total. The molecule has 0 aliphatic heterocycles. The summed E-state index contributed by atoms with van der Waals surface area (Å²) in [6, 6.07) is 2.54. The minimum atomic E-state index is -4.40. The smallest absolute Gasteiger partial charge is 0.416 e. The van der Waals surface area contributed by atoms with Crippen LogP contribution in [0.3, 0.4) is 0 Å². The highest BCUT2D eigenvalue weighted by Crippen LogP contribution is 2.28. The summed E-state index contributed by atoms with van der Waals surface area (Å²) in [6.45, 7) is 1.29. The highest BCUT2D eigenvalue weighted by molar-refractivity contribution is 5.82. The molecule has 20 heavy (non-hydrogen) atoms. The molecule has 1 atom stereocenters. The molecule has 0 spiro atoms. The third-order valence-corrected chi connectivity index (χ3v) is 2.45. The number of carboxylic acid groups (broad SMARTS) is 1. The standard InChI is InChI=1S/C12H13F3N2O3/c1-7(10(18)19)17-11(20)16-6-8-2-4-9(5-3-8)12(13,14)15/h2-5,7H,6H2,1H3,(H,18,19)(H2,16,17,20)/t7-/m1/s1. The van der Waals surface area contributed by atoms with Gasteiger partial charge in [0.2, 0.25) is 0 Å². The summed E-state index contributed by atoms with van der Waals surface area (Å²) in [4.78, 5) is 21.8. The summed E-state index contributed by atoms with van der Waals surface area (Å²) in [5.74, 6) is -1.19. The molecule has 0 bridgehead atoms. The number of carboxylic acids is 1. The van der Waals surface area contributed by atoms with E-state index in [9.17, 15) is 22.8 Å². The Bertz CT molecular complexity index is 486. The van der Waals surface area contributed by atoms with Gasteiger partial charge in [-0.2, -0.15) is 13.2 Å². The summed E-state index contributed by atoms with van der Waals surface area (Å²) in [5.41, 5.74) is -0.304. The van der Waals surface area contributed by atoms with Crippen molar-refractivity contribution in [1.82, 2.24) is 10.6 Å². The van der Waals surface area contributed by atoms with Crippen molar-refractivity contribution in [3.05, 3.63) is 35.4 Å². The monoisotopic (exact) mass is 290 g/mol. The molecule has 2 amide bonds. The Morgan fingerprint density at radius 1 is 1.25 bits per heavy atom. The maximum atomic E-state index is 12.3. The number of alkyl halides is 3. The van der Waals surface area contributed by atoms with Gasteiger partial charge in [-0.3, -0.25) is 4.79 Å². The fourth-order valence-corrected chi connectivity index (χ4v) is 1.30. The van der Waals surface area contributed by atoms with Gasteiger partial charge in [-0.05, 0) is 24.6 Å². The number of benzene rings is 1. The Hall–Kier alpha value is -2.25. The molecule has 110 valence electrons. The van der Waals surface area contributed by atoms with Crippen molar-refractivity contribution in [1.29, 1.82) is 0 Å². The SMILES string of the molecule is C[C@@H](NC(=O)NCc1ccc(C(F)(F)F)cc1)C(=O)O. The quantitative estimate of drug-likeness (QED) is 0.793. The number of nitrogens with one attached hydrogen (secondary N) is 2. The normalized spacial score (nSPS) is 12.6. The maximum Gasteiger partial charge on any atom is 0.416 e. The molecular weight excluding hydrogens is 277 g/mol. The molecule has 1 aromatic rings. The van der Waals surface area contributed by atoms with Gasteiger partial charge in [0.25, 0.3) is 0 Å². The van der Waals surface area contributed by atoms with Crippen molar-refractivity contribution < 1.29 is 27.9 Å². The summed E-state index contributed by atoms with van der Waals surface area (Å²) in [6.07, 6.45) is -4.40. The Morgan fingerprint density at radius 2 is 1.80 bits per heavy atom. The Labute approximate surface area is 112 Å². The largest absolute Gasteiger partial charge is 0.480 e. The first-order valence-electron chi connectivity index (χ1n) is 5.63. The van der Waals surface area contributed by atoms with E-state index in [1.54, 1.807) is 0 Å². The van der Waals surface area contributed by atoms with Gasteiger partial charge in [-0.25, -0.2) is 4.79 Å². The van der Waals surface area contributed by atoms with Gasteiger partial charge in [-0.15, -0.1) is 0 Å². The van der Waals surface area contributed by atoms with Crippen LogP contribution in [0.1, 0.15) is 18.1 Å². The third kappa shape index (κ3) is 4.79. The molecule has 5 nitrogen and oxygen atoms in total. The lowest BCUT2D eigenvalue weighted by molar-refractivity contribution is -0.139. The molecule has 0 radical (unpaired) electrons. The van der Waals surface area contributed by atoms with E-state index in [0.29, 0.717) is 5.56 Å². The lowest BCUT2D eigenvalue weighted by atomic mass is 10.1. The van der Waals surface area contributed by atoms with Gasteiger partial charge in [0, 0.05) is 6.54 Å². The second kappa shape index (κ2) is 6.27. The zero-order valence-corrected chi connectivity index (χ0v) is 10.5. The number of aliphatic carboxylic acids is 1. The van der Waals surface area contributed by atoms with Crippen molar-refractivity contribution >= 4 is 12.0 Å². The van der Waals surface area contributed by atoms with Crippen LogP contribution in [-0.4, -0.2) is 23.1 Å². The summed E-state index contributed by atoms with van der Waals surface area (Å²) >= 11 is 0. The third-order valence-electron chi connectivity index (χ3n) is 2.45. The second-order valence-corrected chi connectivity index (χ2v) is 4.08. The van der Waals surface area contributed by atoms with Crippen molar-refractivity contribution in [2.75, 3.05) is 0 Å². The van der Waals surface area contributed by atoms with Crippen molar-refractivity contribution in [3.63, 3.8) is 0 Å². The second-order valence-electron chi connectivity index (χ2n) is 4.08. The van der Waals surface area contributed by atoms with Crippen LogP contribution in [-0.2, 0) is 17.5 Å². The van der Waals surface area contributed by atoms with Crippen LogP contribution in [0.4, 0.5) is 18.0 Å². The van der Waals surface area contributed by atoms with E-state index in [1.165, 1.54) is 19.1 Å². The molecule has 1 aromatic carbocycles. The van der Waals surface area contributed by atoms with E-state index >= 15 is 0 Å². The molecule has 0 aliphatic carbocycles. The lowest BCUT2D eigenvalue weighted by Crippen LogP contribution is -2.44. The summed E-state index contributed by atoms with van der Waals surface area (Å²) in [5, 5.41) is 13.1. The fraction of sp³-hybridized carbons (Fsp3) is 0.333.